The van der Waals surface area contributed by atoms with Crippen LogP contribution in [0.4, 0.5) is 0 Å². The van der Waals surface area contributed by atoms with Crippen LogP contribution in [0.15, 0.2) is 24.3 Å². The monoisotopic (exact) mass is 233 g/mol. The topological polar surface area (TPSA) is 21.3 Å². The highest BCUT2D eigenvalue weighted by molar-refractivity contribution is 5.28. The van der Waals surface area contributed by atoms with Gasteiger partial charge in [-0.3, -0.25) is 0 Å². The lowest BCUT2D eigenvalue weighted by Crippen LogP contribution is -2.32. The molecule has 2 atom stereocenters. The molecule has 0 radical (unpaired) electrons. The predicted octanol–water partition coefficient (Wildman–Crippen LogP) is 3.21. The molecule has 1 saturated heterocycles. The highest BCUT2D eigenvalue weighted by atomic mass is 16.5. The van der Waals surface area contributed by atoms with E-state index in [4.69, 9.17) is 4.74 Å². The average Bonchev–Trinajstić information content (AvgIpc) is 2.58. The molecule has 2 rings (SSSR count). The molecule has 1 N–H and O–H groups in total. The van der Waals surface area contributed by atoms with E-state index >= 15 is 0 Å². The van der Waals surface area contributed by atoms with Gasteiger partial charge in [0, 0.05) is 25.3 Å². The van der Waals surface area contributed by atoms with Gasteiger partial charge in [0.2, 0.25) is 0 Å². The molecule has 1 heterocycles. The van der Waals surface area contributed by atoms with E-state index < -0.39 is 0 Å². The van der Waals surface area contributed by atoms with Crippen molar-refractivity contribution in [2.75, 3.05) is 13.2 Å². The van der Waals surface area contributed by atoms with Crippen molar-refractivity contribution in [2.24, 2.45) is 0 Å². The van der Waals surface area contributed by atoms with Gasteiger partial charge in [0.15, 0.2) is 0 Å². The Labute approximate surface area is 104 Å². The van der Waals surface area contributed by atoms with Gasteiger partial charge >= 0.3 is 0 Å². The van der Waals surface area contributed by atoms with E-state index in [0.717, 1.165) is 19.6 Å². The standard InChI is InChI=1S/C15H23NO/c1-12-6-3-4-8-15(12)13(2)16-14-7-5-10-17-11-9-14/h3-4,6,8,13-14,16H,5,7,9-11H2,1-2H3/t13-,14?/m0/s1. The third kappa shape index (κ3) is 3.55. The first-order chi connectivity index (χ1) is 8.27. The number of ether oxygens (including phenoxy) is 1. The summed E-state index contributed by atoms with van der Waals surface area (Å²) in [4.78, 5) is 0. The van der Waals surface area contributed by atoms with Crippen LogP contribution in [0.3, 0.4) is 0 Å². The number of nitrogens with one attached hydrogen (secondary N) is 1. The van der Waals surface area contributed by atoms with Gasteiger partial charge in [0.25, 0.3) is 0 Å². The maximum absolute atomic E-state index is 5.50. The van der Waals surface area contributed by atoms with Crippen molar-refractivity contribution in [1.82, 2.24) is 5.32 Å². The van der Waals surface area contributed by atoms with Gasteiger partial charge in [-0.2, -0.15) is 0 Å². The summed E-state index contributed by atoms with van der Waals surface area (Å²) in [6, 6.07) is 9.66. The summed E-state index contributed by atoms with van der Waals surface area (Å²) < 4.78 is 5.50. The minimum Gasteiger partial charge on any atom is -0.381 e. The number of benzene rings is 1. The summed E-state index contributed by atoms with van der Waals surface area (Å²) in [5, 5.41) is 3.74. The Morgan fingerprint density at radius 2 is 2.06 bits per heavy atom. The molecule has 0 spiro atoms. The van der Waals surface area contributed by atoms with E-state index in [9.17, 15) is 0 Å². The minimum atomic E-state index is 0.430. The van der Waals surface area contributed by atoms with Crippen molar-refractivity contribution in [3.05, 3.63) is 35.4 Å². The molecule has 94 valence electrons. The molecule has 0 amide bonds. The maximum Gasteiger partial charge on any atom is 0.0480 e. The smallest absolute Gasteiger partial charge is 0.0480 e. The van der Waals surface area contributed by atoms with E-state index in [1.54, 1.807) is 0 Å². The number of hydrogen-bond donors (Lipinski definition) is 1. The molecule has 0 saturated carbocycles. The molecule has 1 fully saturated rings. The zero-order chi connectivity index (χ0) is 12.1. The second-order valence-corrected chi connectivity index (χ2v) is 4.99. The summed E-state index contributed by atoms with van der Waals surface area (Å²) >= 11 is 0. The zero-order valence-corrected chi connectivity index (χ0v) is 10.9. The fourth-order valence-corrected chi connectivity index (χ4v) is 2.59. The van der Waals surface area contributed by atoms with Crippen molar-refractivity contribution in [3.8, 4) is 0 Å². The van der Waals surface area contributed by atoms with Gasteiger partial charge in [-0.05, 0) is 44.2 Å². The summed E-state index contributed by atoms with van der Waals surface area (Å²) in [5.74, 6) is 0. The van der Waals surface area contributed by atoms with Gasteiger partial charge in [-0.1, -0.05) is 24.3 Å². The summed E-state index contributed by atoms with van der Waals surface area (Å²) in [6.07, 6.45) is 3.55. The molecule has 0 aliphatic carbocycles. The second-order valence-electron chi connectivity index (χ2n) is 4.99. The van der Waals surface area contributed by atoms with E-state index in [0.29, 0.717) is 12.1 Å². The van der Waals surface area contributed by atoms with Crippen LogP contribution in [0, 0.1) is 6.92 Å². The normalized spacial score (nSPS) is 23.1. The van der Waals surface area contributed by atoms with Crippen molar-refractivity contribution in [1.29, 1.82) is 0 Å². The van der Waals surface area contributed by atoms with Crippen LogP contribution in [-0.2, 0) is 4.74 Å². The Bertz CT molecular complexity index is 343. The Morgan fingerprint density at radius 3 is 2.88 bits per heavy atom. The molecule has 0 aromatic heterocycles. The minimum absolute atomic E-state index is 0.430. The van der Waals surface area contributed by atoms with Crippen molar-refractivity contribution < 1.29 is 4.74 Å². The third-order valence-corrected chi connectivity index (χ3v) is 3.59. The maximum atomic E-state index is 5.50. The highest BCUT2D eigenvalue weighted by Gasteiger charge is 2.16. The van der Waals surface area contributed by atoms with Crippen molar-refractivity contribution >= 4 is 0 Å². The fraction of sp³-hybridized carbons (Fsp3) is 0.600. The Balaban J connectivity index is 1.96. The largest absolute Gasteiger partial charge is 0.381 e. The van der Waals surface area contributed by atoms with Gasteiger partial charge in [-0.15, -0.1) is 0 Å². The van der Waals surface area contributed by atoms with E-state index in [2.05, 4.69) is 43.4 Å². The van der Waals surface area contributed by atoms with Crippen molar-refractivity contribution in [3.63, 3.8) is 0 Å². The first-order valence-electron chi connectivity index (χ1n) is 6.66. The van der Waals surface area contributed by atoms with Crippen LogP contribution in [0.2, 0.25) is 0 Å². The Morgan fingerprint density at radius 1 is 1.24 bits per heavy atom. The second kappa shape index (κ2) is 6.18. The van der Waals surface area contributed by atoms with Crippen LogP contribution in [0.5, 0.6) is 0 Å². The number of rotatable bonds is 3. The fourth-order valence-electron chi connectivity index (χ4n) is 2.59. The molecule has 1 aromatic carbocycles. The van der Waals surface area contributed by atoms with Crippen LogP contribution in [0.25, 0.3) is 0 Å². The molecule has 1 aliphatic rings. The quantitative estimate of drug-likeness (QED) is 0.865. The van der Waals surface area contributed by atoms with Crippen LogP contribution in [-0.4, -0.2) is 19.3 Å². The van der Waals surface area contributed by atoms with Crippen LogP contribution >= 0.6 is 0 Å². The summed E-state index contributed by atoms with van der Waals surface area (Å²) in [7, 11) is 0. The van der Waals surface area contributed by atoms with E-state index in [1.807, 2.05) is 0 Å². The van der Waals surface area contributed by atoms with Crippen LogP contribution < -0.4 is 5.32 Å². The van der Waals surface area contributed by atoms with Gasteiger partial charge in [0.1, 0.15) is 0 Å². The molecule has 1 unspecified atom stereocenters. The lowest BCUT2D eigenvalue weighted by Gasteiger charge is -2.23. The lowest BCUT2D eigenvalue weighted by molar-refractivity contribution is 0.142. The number of aryl methyl sites for hydroxylation is 1. The summed E-state index contributed by atoms with van der Waals surface area (Å²) in [5.41, 5.74) is 2.79. The van der Waals surface area contributed by atoms with Crippen LogP contribution in [0.1, 0.15) is 43.4 Å². The molecule has 1 aromatic rings. The van der Waals surface area contributed by atoms with E-state index in [-0.39, 0.29) is 0 Å². The molecule has 2 heteroatoms. The Kier molecular flexibility index (Phi) is 4.57. The highest BCUT2D eigenvalue weighted by Crippen LogP contribution is 2.19. The average molecular weight is 233 g/mol. The summed E-state index contributed by atoms with van der Waals surface area (Å²) in [6.45, 7) is 6.27. The molecule has 0 bridgehead atoms. The molecular weight excluding hydrogens is 210 g/mol. The lowest BCUT2D eigenvalue weighted by atomic mass is 10.0. The third-order valence-electron chi connectivity index (χ3n) is 3.59. The van der Waals surface area contributed by atoms with Gasteiger partial charge in [0.05, 0.1) is 0 Å². The molecule has 17 heavy (non-hydrogen) atoms. The molecular formula is C15H23NO. The van der Waals surface area contributed by atoms with Gasteiger partial charge in [-0.25, -0.2) is 0 Å². The van der Waals surface area contributed by atoms with Gasteiger partial charge < -0.3 is 10.1 Å². The predicted molar refractivity (Wildman–Crippen MR) is 71.2 cm³/mol. The first-order valence-corrected chi connectivity index (χ1v) is 6.66. The number of hydrogen-bond acceptors (Lipinski definition) is 2. The SMILES string of the molecule is Cc1ccccc1[C@H](C)NC1CCCOCC1. The Hall–Kier alpha value is -0.860. The van der Waals surface area contributed by atoms with E-state index in [1.165, 1.54) is 24.0 Å². The van der Waals surface area contributed by atoms with Crippen molar-refractivity contribution in [2.45, 2.75) is 45.2 Å². The molecule has 2 nitrogen and oxygen atoms in total. The first kappa shape index (κ1) is 12.6. The zero-order valence-electron chi connectivity index (χ0n) is 10.9. The molecule has 1 aliphatic heterocycles.